The summed E-state index contributed by atoms with van der Waals surface area (Å²) in [6, 6.07) is 2.02. The Bertz CT molecular complexity index is 482. The molecule has 5 heteroatoms. The summed E-state index contributed by atoms with van der Waals surface area (Å²) >= 11 is 0. The van der Waals surface area contributed by atoms with Crippen LogP contribution in [0, 0.1) is 12.8 Å². The zero-order valence-electron chi connectivity index (χ0n) is 14.4. The summed E-state index contributed by atoms with van der Waals surface area (Å²) in [6.45, 7) is 11.3. The van der Waals surface area contributed by atoms with Crippen molar-refractivity contribution in [1.29, 1.82) is 0 Å². The zero-order valence-corrected chi connectivity index (χ0v) is 14.4. The molecule has 2 rings (SSSR count). The molecule has 1 aliphatic heterocycles. The number of aromatic nitrogens is 2. The first-order valence-electron chi connectivity index (χ1n) is 8.41. The van der Waals surface area contributed by atoms with E-state index in [-0.39, 0.29) is 5.92 Å². The third kappa shape index (κ3) is 4.65. The minimum atomic E-state index is -0.697. The average molecular weight is 306 g/mol. The summed E-state index contributed by atoms with van der Waals surface area (Å²) in [5, 5.41) is 13.6. The number of anilines is 1. The van der Waals surface area contributed by atoms with E-state index in [1.54, 1.807) is 0 Å². The minimum Gasteiger partial charge on any atom is -0.389 e. The van der Waals surface area contributed by atoms with Crippen LogP contribution >= 0.6 is 0 Å². The fourth-order valence-electron chi connectivity index (χ4n) is 2.59. The molecule has 0 amide bonds. The molecule has 1 fully saturated rings. The van der Waals surface area contributed by atoms with Gasteiger partial charge in [0.2, 0.25) is 5.95 Å². The van der Waals surface area contributed by atoms with E-state index in [4.69, 9.17) is 4.98 Å². The zero-order chi connectivity index (χ0) is 16.2. The Morgan fingerprint density at radius 2 is 1.95 bits per heavy atom. The maximum absolute atomic E-state index is 10.3. The number of hydrogen-bond acceptors (Lipinski definition) is 5. The van der Waals surface area contributed by atoms with Crippen LogP contribution in [0.3, 0.4) is 0 Å². The summed E-state index contributed by atoms with van der Waals surface area (Å²) in [4.78, 5) is 11.6. The lowest BCUT2D eigenvalue weighted by Crippen LogP contribution is -2.42. The number of nitrogens with one attached hydrogen (secondary N) is 1. The molecule has 1 unspecified atom stereocenters. The molecule has 0 aromatic carbocycles. The molecule has 2 heterocycles. The lowest BCUT2D eigenvalue weighted by Gasteiger charge is -2.28. The number of piperidine rings is 1. The second-order valence-corrected chi connectivity index (χ2v) is 6.96. The third-order valence-corrected chi connectivity index (χ3v) is 4.57. The van der Waals surface area contributed by atoms with E-state index in [9.17, 15) is 5.11 Å². The Hall–Kier alpha value is -1.20. The summed E-state index contributed by atoms with van der Waals surface area (Å²) in [5.41, 5.74) is 1.30. The van der Waals surface area contributed by atoms with Crippen LogP contribution in [0.5, 0.6) is 0 Å². The molecule has 1 atom stereocenters. The molecule has 1 aromatic rings. The number of aliphatic hydroxyl groups is 1. The maximum atomic E-state index is 10.3. The molecule has 124 valence electrons. The van der Waals surface area contributed by atoms with Gasteiger partial charge in [0.05, 0.1) is 11.3 Å². The molecule has 22 heavy (non-hydrogen) atoms. The molecular weight excluding hydrogens is 276 g/mol. The van der Waals surface area contributed by atoms with Gasteiger partial charge in [-0.2, -0.15) is 0 Å². The van der Waals surface area contributed by atoms with Crippen molar-refractivity contribution in [2.24, 2.45) is 5.92 Å². The van der Waals surface area contributed by atoms with Crippen LogP contribution in [0.1, 0.15) is 51.4 Å². The second kappa shape index (κ2) is 7.38. The van der Waals surface area contributed by atoms with Gasteiger partial charge in [-0.25, -0.2) is 9.97 Å². The summed E-state index contributed by atoms with van der Waals surface area (Å²) < 4.78 is 0. The quantitative estimate of drug-likeness (QED) is 0.844. The predicted molar refractivity (Wildman–Crippen MR) is 90.0 cm³/mol. The van der Waals surface area contributed by atoms with Crippen LogP contribution in [0.15, 0.2) is 6.07 Å². The lowest BCUT2D eigenvalue weighted by atomic mass is 9.92. The van der Waals surface area contributed by atoms with Crippen molar-refractivity contribution in [3.8, 4) is 0 Å². The van der Waals surface area contributed by atoms with Crippen LogP contribution in [-0.4, -0.2) is 40.3 Å². The molecule has 1 saturated heterocycles. The fourth-order valence-corrected chi connectivity index (χ4v) is 2.59. The molecule has 5 nitrogen and oxygen atoms in total. The Kier molecular flexibility index (Phi) is 5.75. The van der Waals surface area contributed by atoms with Gasteiger partial charge in [0.25, 0.3) is 0 Å². The lowest BCUT2D eigenvalue weighted by molar-refractivity contribution is 0.0139. The minimum absolute atomic E-state index is 0.219. The van der Waals surface area contributed by atoms with Crippen LogP contribution in [-0.2, 0) is 6.54 Å². The van der Waals surface area contributed by atoms with Gasteiger partial charge in [-0.1, -0.05) is 13.8 Å². The summed E-state index contributed by atoms with van der Waals surface area (Å²) in [5.74, 6) is 1.07. The van der Waals surface area contributed by atoms with Crippen molar-refractivity contribution in [3.63, 3.8) is 0 Å². The van der Waals surface area contributed by atoms with Gasteiger partial charge in [-0.3, -0.25) is 0 Å². The van der Waals surface area contributed by atoms with Gasteiger partial charge >= 0.3 is 0 Å². The van der Waals surface area contributed by atoms with Crippen LogP contribution in [0.2, 0.25) is 0 Å². The molecule has 0 spiro atoms. The highest BCUT2D eigenvalue weighted by atomic mass is 16.3. The molecule has 1 aliphatic rings. The van der Waals surface area contributed by atoms with Gasteiger partial charge in [-0.15, -0.1) is 0 Å². The third-order valence-electron chi connectivity index (χ3n) is 4.57. The van der Waals surface area contributed by atoms with E-state index in [1.807, 2.05) is 33.8 Å². The van der Waals surface area contributed by atoms with Gasteiger partial charge in [-0.05, 0) is 45.1 Å². The largest absolute Gasteiger partial charge is 0.389 e. The first-order valence-corrected chi connectivity index (χ1v) is 8.41. The van der Waals surface area contributed by atoms with Crippen molar-refractivity contribution in [1.82, 2.24) is 15.3 Å². The van der Waals surface area contributed by atoms with Gasteiger partial charge in [0.1, 0.15) is 0 Å². The number of nitrogens with zero attached hydrogens (tertiary/aromatic N) is 3. The van der Waals surface area contributed by atoms with E-state index in [0.717, 1.165) is 30.4 Å². The van der Waals surface area contributed by atoms with Crippen molar-refractivity contribution in [2.75, 3.05) is 24.5 Å². The van der Waals surface area contributed by atoms with Crippen molar-refractivity contribution >= 4 is 5.95 Å². The summed E-state index contributed by atoms with van der Waals surface area (Å²) in [6.07, 6.45) is 3.76. The number of rotatable bonds is 6. The van der Waals surface area contributed by atoms with Crippen molar-refractivity contribution in [3.05, 3.63) is 17.5 Å². The van der Waals surface area contributed by atoms with Gasteiger partial charge < -0.3 is 15.3 Å². The molecule has 0 aliphatic carbocycles. The van der Waals surface area contributed by atoms with Crippen LogP contribution in [0.25, 0.3) is 0 Å². The van der Waals surface area contributed by atoms with Crippen molar-refractivity contribution in [2.45, 2.75) is 59.1 Å². The highest BCUT2D eigenvalue weighted by molar-refractivity contribution is 5.32. The number of hydrogen-bond donors (Lipinski definition) is 2. The molecule has 0 bridgehead atoms. The molecule has 0 radical (unpaired) electrons. The summed E-state index contributed by atoms with van der Waals surface area (Å²) in [7, 11) is 0. The highest BCUT2D eigenvalue weighted by Gasteiger charge is 2.24. The highest BCUT2D eigenvalue weighted by Crippen LogP contribution is 2.17. The Morgan fingerprint density at radius 3 is 2.59 bits per heavy atom. The topological polar surface area (TPSA) is 61.3 Å². The van der Waals surface area contributed by atoms with Crippen LogP contribution in [0.4, 0.5) is 5.95 Å². The molecular formula is C17H30N4O. The maximum Gasteiger partial charge on any atom is 0.225 e. The first kappa shape index (κ1) is 17.2. The molecule has 2 N–H and O–H groups in total. The standard InChI is InChI=1S/C17H30N4O/c1-13(2)17(4,22)12-18-11-15-10-14(3)19-16(20-15)21-8-6-5-7-9-21/h10,13,18,22H,5-9,11-12H2,1-4H3. The van der Waals surface area contributed by atoms with E-state index >= 15 is 0 Å². The molecule has 0 saturated carbocycles. The van der Waals surface area contributed by atoms with E-state index in [1.165, 1.54) is 19.3 Å². The fraction of sp³-hybridized carbons (Fsp3) is 0.765. The Morgan fingerprint density at radius 1 is 1.27 bits per heavy atom. The van der Waals surface area contributed by atoms with Gasteiger partial charge in [0, 0.05) is 31.9 Å². The normalized spacial score (nSPS) is 18.5. The number of aryl methyl sites for hydroxylation is 1. The van der Waals surface area contributed by atoms with Crippen LogP contribution < -0.4 is 10.2 Å². The SMILES string of the molecule is Cc1cc(CNCC(C)(O)C(C)C)nc(N2CCCCC2)n1. The average Bonchev–Trinajstić information content (AvgIpc) is 2.47. The Balaban J connectivity index is 1.97. The van der Waals surface area contributed by atoms with E-state index < -0.39 is 5.60 Å². The smallest absolute Gasteiger partial charge is 0.225 e. The van der Waals surface area contributed by atoms with E-state index in [2.05, 4.69) is 15.2 Å². The monoisotopic (exact) mass is 306 g/mol. The van der Waals surface area contributed by atoms with Gasteiger partial charge in [0.15, 0.2) is 0 Å². The first-order chi connectivity index (χ1) is 10.4. The molecule has 1 aromatic heterocycles. The van der Waals surface area contributed by atoms with E-state index in [0.29, 0.717) is 13.1 Å². The van der Waals surface area contributed by atoms with Crippen molar-refractivity contribution < 1.29 is 5.11 Å². The second-order valence-electron chi connectivity index (χ2n) is 6.96. The Labute approximate surface area is 134 Å². The predicted octanol–water partition coefficient (Wildman–Crippen LogP) is 2.27.